The normalized spacial score (nSPS) is 13.2. The van der Waals surface area contributed by atoms with Crippen molar-refractivity contribution < 1.29 is 59.2 Å². The lowest BCUT2D eigenvalue weighted by Crippen LogP contribution is -2.37. The van der Waals surface area contributed by atoms with Crippen LogP contribution in [0, 0.1) is 16.7 Å². The van der Waals surface area contributed by atoms with E-state index in [4.69, 9.17) is 20.8 Å². The molecule has 8 rings (SSSR count). The molecule has 12 N–H and O–H groups in total. The SMILES string of the molecule is CC(C)(C)[C@H](NC(=O)CC1CCCC1)c1ccc(C(=O)NO)cc1.CC[C@H](NC(=O)c1cccn1C)c1ccc(C(=O)NO)cc1.CC[C@H](NC(=O)c1cccn1C)c1cncc(C(=O)NO)c1.Cn1cccc1C(=O)N[C@H](c1ccc(C(=O)NO)cc1)C(C)(C)C. The minimum absolute atomic E-state index is 0.0963. The molecule has 7 aromatic rings. The molecule has 0 aliphatic heterocycles. The van der Waals surface area contributed by atoms with Crippen LogP contribution in [0.3, 0.4) is 0 Å². The van der Waals surface area contributed by atoms with Gasteiger partial charge < -0.3 is 35.0 Å². The summed E-state index contributed by atoms with van der Waals surface area (Å²) >= 11 is 0. The monoisotopic (exact) mass is 1260 g/mol. The fraction of sp³-hybridized carbons (Fsp3) is 0.368. The molecule has 0 spiro atoms. The van der Waals surface area contributed by atoms with Gasteiger partial charge in [0.05, 0.1) is 29.7 Å². The van der Waals surface area contributed by atoms with Gasteiger partial charge in [0.2, 0.25) is 5.91 Å². The summed E-state index contributed by atoms with van der Waals surface area (Å²) in [5, 5.41) is 46.8. The summed E-state index contributed by atoms with van der Waals surface area (Å²) in [5.74, 6) is -2.20. The van der Waals surface area contributed by atoms with E-state index >= 15 is 0 Å². The van der Waals surface area contributed by atoms with Crippen molar-refractivity contribution in [3.63, 3.8) is 0 Å². The van der Waals surface area contributed by atoms with Gasteiger partial charge in [0.25, 0.3) is 41.4 Å². The predicted molar refractivity (Wildman–Crippen MR) is 344 cm³/mol. The van der Waals surface area contributed by atoms with Crippen molar-refractivity contribution in [3.05, 3.63) is 208 Å². The highest BCUT2D eigenvalue weighted by atomic mass is 16.5. The third-order valence-corrected chi connectivity index (χ3v) is 15.6. The van der Waals surface area contributed by atoms with Crippen molar-refractivity contribution in [2.45, 2.75) is 125 Å². The van der Waals surface area contributed by atoms with Gasteiger partial charge in [-0.2, -0.15) is 0 Å². The van der Waals surface area contributed by atoms with Crippen LogP contribution >= 0.6 is 0 Å². The first-order valence-corrected chi connectivity index (χ1v) is 30.3. The summed E-state index contributed by atoms with van der Waals surface area (Å²) in [4.78, 5) is 99.1. The van der Waals surface area contributed by atoms with Crippen LogP contribution in [0.25, 0.3) is 0 Å². The Bertz CT molecular complexity index is 3580. The third kappa shape index (κ3) is 20.9. The Hall–Kier alpha value is -9.75. The molecule has 0 saturated heterocycles. The van der Waals surface area contributed by atoms with Crippen molar-refractivity contribution in [2.24, 2.45) is 37.9 Å². The highest BCUT2D eigenvalue weighted by Gasteiger charge is 2.31. The highest BCUT2D eigenvalue weighted by Crippen LogP contribution is 2.35. The zero-order chi connectivity index (χ0) is 67.9. The van der Waals surface area contributed by atoms with E-state index in [1.54, 1.807) is 146 Å². The maximum atomic E-state index is 12.5. The third-order valence-electron chi connectivity index (χ3n) is 15.6. The van der Waals surface area contributed by atoms with Crippen molar-refractivity contribution in [1.29, 1.82) is 0 Å². The van der Waals surface area contributed by atoms with Gasteiger partial charge in [-0.3, -0.25) is 64.2 Å². The molecular weight excluding hydrogens is 1180 g/mol. The quantitative estimate of drug-likeness (QED) is 0.0265. The minimum Gasteiger partial charge on any atom is -0.349 e. The first kappa shape index (κ1) is 73.0. The summed E-state index contributed by atoms with van der Waals surface area (Å²) in [6.07, 6.45) is 15.1. The fourth-order valence-corrected chi connectivity index (χ4v) is 10.5. The molecule has 1 fully saturated rings. The summed E-state index contributed by atoms with van der Waals surface area (Å²) in [6.45, 7) is 16.3. The Labute approximate surface area is 536 Å². The van der Waals surface area contributed by atoms with Crippen molar-refractivity contribution >= 4 is 47.3 Å². The van der Waals surface area contributed by atoms with Gasteiger partial charge in [-0.15, -0.1) is 0 Å². The molecule has 1 aliphatic rings. The topological polar surface area (TPSA) is 341 Å². The molecule has 8 amide bonds. The molecule has 0 radical (unpaired) electrons. The molecule has 92 heavy (non-hydrogen) atoms. The number of hydrogen-bond donors (Lipinski definition) is 12. The molecule has 24 heteroatoms. The zero-order valence-corrected chi connectivity index (χ0v) is 54.0. The maximum Gasteiger partial charge on any atom is 0.276 e. The Morgan fingerprint density at radius 2 is 0.783 bits per heavy atom. The van der Waals surface area contributed by atoms with Crippen LogP contribution < -0.4 is 43.2 Å². The minimum atomic E-state index is -0.641. The number of rotatable bonds is 19. The summed E-state index contributed by atoms with van der Waals surface area (Å²) in [5.41, 5.74) is 12.5. The molecule has 492 valence electrons. The lowest BCUT2D eigenvalue weighted by molar-refractivity contribution is -0.123. The van der Waals surface area contributed by atoms with E-state index < -0.39 is 23.6 Å². The predicted octanol–water partition coefficient (Wildman–Crippen LogP) is 9.70. The molecule has 0 bridgehead atoms. The Kier molecular flexibility index (Phi) is 27.3. The van der Waals surface area contributed by atoms with Gasteiger partial charge in [-0.1, -0.05) is 105 Å². The first-order valence-electron chi connectivity index (χ1n) is 30.3. The molecule has 24 nitrogen and oxygen atoms in total. The van der Waals surface area contributed by atoms with Crippen molar-refractivity contribution in [3.8, 4) is 0 Å². The summed E-state index contributed by atoms with van der Waals surface area (Å²) < 4.78 is 5.26. The fourth-order valence-electron chi connectivity index (χ4n) is 10.5. The summed E-state index contributed by atoms with van der Waals surface area (Å²) in [7, 11) is 5.44. The van der Waals surface area contributed by atoms with Gasteiger partial charge in [-0.25, -0.2) is 21.9 Å². The molecular formula is C68H88N12O12. The number of carbonyl (C=O) groups is 8. The van der Waals surface area contributed by atoms with Crippen LogP contribution in [-0.4, -0.2) is 86.8 Å². The average Bonchev–Trinajstić information content (AvgIpc) is 2.16. The van der Waals surface area contributed by atoms with E-state index in [1.807, 2.05) is 85.4 Å². The number of aromatic nitrogens is 4. The molecule has 4 heterocycles. The standard InChI is InChI=1S/C19H28N2O3.C18H23N3O3.C16H19N3O3.C15H18N4O3/c1-19(2,3)17(20-16(22)12-13-6-4-5-7-13)14-8-10-15(11-9-14)18(23)21-24;1-18(2,3)15(19-17(23)14-6-5-11-21(14)4)12-7-9-13(10-8-12)16(22)20-24;1-3-13(17-16(21)14-5-4-10-19(14)2)11-6-8-12(9-7-11)15(20)18-22;1-3-12(17-15(21)13-5-4-6-19(13)2)10-7-11(9-16-8-10)14(20)18-22/h8-11,13,17,24H,4-7,12H2,1-3H3,(H,20,22)(H,21,23);5-11,15,24H,1-4H3,(H,19,23)(H,20,22);4-10,13,22H,3H2,1-2H3,(H,17,21)(H,18,20);4-9,12,22H,3H2,1-2H3,(H,17,21)(H,18,20)/t17-;15-;13-;12-/m1100/s1. The van der Waals surface area contributed by atoms with Crippen molar-refractivity contribution in [2.75, 3.05) is 0 Å². The van der Waals surface area contributed by atoms with Gasteiger partial charge in [0.1, 0.15) is 17.1 Å². The van der Waals surface area contributed by atoms with Gasteiger partial charge in [0.15, 0.2) is 0 Å². The lowest BCUT2D eigenvalue weighted by Gasteiger charge is -2.32. The molecule has 1 saturated carbocycles. The number of hydrogen-bond acceptors (Lipinski definition) is 13. The second-order valence-electron chi connectivity index (χ2n) is 24.5. The van der Waals surface area contributed by atoms with Crippen LogP contribution in [0.1, 0.15) is 220 Å². The Morgan fingerprint density at radius 1 is 0.446 bits per heavy atom. The maximum absolute atomic E-state index is 12.5. The first-order chi connectivity index (χ1) is 43.7. The number of carbonyl (C=O) groups excluding carboxylic acids is 8. The number of nitrogens with one attached hydrogen (secondary N) is 8. The largest absolute Gasteiger partial charge is 0.349 e. The highest BCUT2D eigenvalue weighted by molar-refractivity contribution is 5.96. The van der Waals surface area contributed by atoms with Gasteiger partial charge in [-0.05, 0) is 144 Å². The average molecular weight is 1270 g/mol. The second-order valence-corrected chi connectivity index (χ2v) is 24.5. The number of aryl methyl sites for hydroxylation is 3. The van der Waals surface area contributed by atoms with E-state index in [9.17, 15) is 38.4 Å². The molecule has 1 aliphatic carbocycles. The van der Waals surface area contributed by atoms with Gasteiger partial charge in [0, 0.05) is 75.2 Å². The van der Waals surface area contributed by atoms with Gasteiger partial charge >= 0.3 is 0 Å². The zero-order valence-electron chi connectivity index (χ0n) is 54.0. The van der Waals surface area contributed by atoms with Crippen LogP contribution in [0.4, 0.5) is 0 Å². The van der Waals surface area contributed by atoms with E-state index in [-0.39, 0.29) is 64.2 Å². The number of hydroxylamine groups is 4. The lowest BCUT2D eigenvalue weighted by atomic mass is 9.82. The van der Waals surface area contributed by atoms with Crippen LogP contribution in [0.2, 0.25) is 0 Å². The van der Waals surface area contributed by atoms with E-state index in [2.05, 4.69) is 47.0 Å². The number of benzene rings is 3. The number of pyridine rings is 1. The molecule has 3 aromatic carbocycles. The van der Waals surface area contributed by atoms with E-state index in [0.717, 1.165) is 36.0 Å². The van der Waals surface area contributed by atoms with Crippen LogP contribution in [-0.2, 0) is 25.9 Å². The number of nitrogens with zero attached hydrogens (tertiary/aromatic N) is 4. The molecule has 0 unspecified atom stereocenters. The van der Waals surface area contributed by atoms with Crippen LogP contribution in [0.5, 0.6) is 0 Å². The van der Waals surface area contributed by atoms with E-state index in [0.29, 0.717) is 58.1 Å². The van der Waals surface area contributed by atoms with Crippen LogP contribution in [0.15, 0.2) is 146 Å². The molecule has 4 aromatic heterocycles. The summed E-state index contributed by atoms with van der Waals surface area (Å²) in [6, 6.07) is 32.0. The van der Waals surface area contributed by atoms with E-state index in [1.165, 1.54) is 19.0 Å². The Morgan fingerprint density at radius 3 is 1.12 bits per heavy atom. The second kappa shape index (κ2) is 34.4. The molecule has 4 atom stereocenters. The Balaban J connectivity index is 0.000000223. The number of amides is 8. The van der Waals surface area contributed by atoms with Crippen molar-refractivity contribution in [1.82, 2.24) is 61.9 Å². The smallest absolute Gasteiger partial charge is 0.276 e.